The first-order valence-corrected chi connectivity index (χ1v) is 9.60. The molecular formula is C22H23N3O3. The highest BCUT2D eigenvalue weighted by Crippen LogP contribution is 2.32. The lowest BCUT2D eigenvalue weighted by molar-refractivity contribution is -0.124. The predicted octanol–water partition coefficient (Wildman–Crippen LogP) is 2.98. The fourth-order valence-electron chi connectivity index (χ4n) is 4.06. The number of para-hydroxylation sites is 1. The molecule has 2 aromatic carbocycles. The Bertz CT molecular complexity index is 940. The molecule has 0 spiro atoms. The summed E-state index contributed by atoms with van der Waals surface area (Å²) in [5, 5.41) is 2.73. The van der Waals surface area contributed by atoms with Gasteiger partial charge in [-0.05, 0) is 42.7 Å². The monoisotopic (exact) mass is 377 g/mol. The highest BCUT2D eigenvalue weighted by Gasteiger charge is 2.38. The largest absolute Gasteiger partial charge is 0.326 e. The van der Waals surface area contributed by atoms with Crippen LogP contribution >= 0.6 is 0 Å². The summed E-state index contributed by atoms with van der Waals surface area (Å²) in [5.41, 5.74) is 3.49. The van der Waals surface area contributed by atoms with Gasteiger partial charge in [0.15, 0.2) is 0 Å². The van der Waals surface area contributed by atoms with Crippen LogP contribution in [0, 0.1) is 5.92 Å². The Balaban J connectivity index is 1.53. The summed E-state index contributed by atoms with van der Waals surface area (Å²) in [5.74, 6) is -0.575. The molecule has 4 rings (SSSR count). The molecule has 3 amide bonds. The van der Waals surface area contributed by atoms with Gasteiger partial charge in [0, 0.05) is 43.5 Å². The minimum atomic E-state index is -0.358. The first-order valence-electron chi connectivity index (χ1n) is 9.60. The van der Waals surface area contributed by atoms with Crippen molar-refractivity contribution in [2.24, 2.45) is 5.92 Å². The van der Waals surface area contributed by atoms with E-state index in [-0.39, 0.29) is 30.1 Å². The Labute approximate surface area is 164 Å². The number of aryl methyl sites for hydroxylation is 1. The second-order valence-corrected chi connectivity index (χ2v) is 7.36. The number of hydrogen-bond acceptors (Lipinski definition) is 3. The number of fused-ring (bicyclic) bond motifs is 1. The van der Waals surface area contributed by atoms with Crippen LogP contribution in [-0.2, 0) is 20.8 Å². The molecular weight excluding hydrogens is 354 g/mol. The number of hydrogen-bond donors (Lipinski definition) is 1. The van der Waals surface area contributed by atoms with Crippen molar-refractivity contribution >= 4 is 34.8 Å². The summed E-state index contributed by atoms with van der Waals surface area (Å²) in [6, 6.07) is 15.2. The Kier molecular flexibility index (Phi) is 4.86. The molecule has 0 radical (unpaired) electrons. The van der Waals surface area contributed by atoms with Gasteiger partial charge in [-0.25, -0.2) is 0 Å². The summed E-state index contributed by atoms with van der Waals surface area (Å²) in [4.78, 5) is 40.6. The number of carbonyl (C=O) groups excluding carboxylic acids is 3. The van der Waals surface area contributed by atoms with Gasteiger partial charge in [0.2, 0.25) is 17.7 Å². The fourth-order valence-corrected chi connectivity index (χ4v) is 4.06. The van der Waals surface area contributed by atoms with Gasteiger partial charge in [0.1, 0.15) is 0 Å². The Morgan fingerprint density at radius 3 is 2.75 bits per heavy atom. The molecule has 2 heterocycles. The molecule has 0 aliphatic carbocycles. The molecule has 1 fully saturated rings. The second kappa shape index (κ2) is 7.46. The van der Waals surface area contributed by atoms with Crippen molar-refractivity contribution in [2.75, 3.05) is 28.2 Å². The molecule has 2 aliphatic heterocycles. The maximum atomic E-state index is 13.2. The molecule has 0 aromatic heterocycles. The summed E-state index contributed by atoms with van der Waals surface area (Å²) < 4.78 is 0. The normalized spacial score (nSPS) is 18.8. The highest BCUT2D eigenvalue weighted by atomic mass is 16.2. The second-order valence-electron chi connectivity index (χ2n) is 7.36. The third-order valence-electron chi connectivity index (χ3n) is 5.33. The van der Waals surface area contributed by atoms with E-state index >= 15 is 0 Å². The van der Waals surface area contributed by atoms with Gasteiger partial charge in [-0.2, -0.15) is 0 Å². The van der Waals surface area contributed by atoms with Crippen molar-refractivity contribution in [3.8, 4) is 0 Å². The van der Waals surface area contributed by atoms with Gasteiger partial charge in [-0.15, -0.1) is 0 Å². The van der Waals surface area contributed by atoms with Gasteiger partial charge in [0.25, 0.3) is 0 Å². The zero-order valence-electron chi connectivity index (χ0n) is 15.9. The number of benzene rings is 2. The topological polar surface area (TPSA) is 69.7 Å². The van der Waals surface area contributed by atoms with E-state index in [0.29, 0.717) is 24.5 Å². The zero-order valence-corrected chi connectivity index (χ0v) is 15.9. The third kappa shape index (κ3) is 3.50. The van der Waals surface area contributed by atoms with Gasteiger partial charge in [-0.1, -0.05) is 24.3 Å². The molecule has 6 nitrogen and oxygen atoms in total. The third-order valence-corrected chi connectivity index (χ3v) is 5.33. The van der Waals surface area contributed by atoms with E-state index in [1.807, 2.05) is 29.2 Å². The Morgan fingerprint density at radius 1 is 1.11 bits per heavy atom. The van der Waals surface area contributed by atoms with Gasteiger partial charge < -0.3 is 15.1 Å². The molecule has 1 unspecified atom stereocenters. The van der Waals surface area contributed by atoms with Crippen molar-refractivity contribution in [2.45, 2.75) is 26.2 Å². The van der Waals surface area contributed by atoms with Gasteiger partial charge in [-0.3, -0.25) is 14.4 Å². The Hall–Kier alpha value is -3.15. The van der Waals surface area contributed by atoms with Crippen LogP contribution in [0.3, 0.4) is 0 Å². The van der Waals surface area contributed by atoms with Crippen LogP contribution in [-0.4, -0.2) is 30.8 Å². The number of rotatable bonds is 3. The molecule has 144 valence electrons. The molecule has 0 saturated carbocycles. The van der Waals surface area contributed by atoms with Crippen molar-refractivity contribution in [3.63, 3.8) is 0 Å². The molecule has 1 atom stereocenters. The molecule has 28 heavy (non-hydrogen) atoms. The average molecular weight is 377 g/mol. The van der Waals surface area contributed by atoms with E-state index in [1.165, 1.54) is 12.5 Å². The summed E-state index contributed by atoms with van der Waals surface area (Å²) >= 11 is 0. The first kappa shape index (κ1) is 18.2. The quantitative estimate of drug-likeness (QED) is 0.894. The van der Waals surface area contributed by atoms with Gasteiger partial charge >= 0.3 is 0 Å². The van der Waals surface area contributed by atoms with E-state index in [9.17, 15) is 14.4 Å². The number of nitrogens with zero attached hydrogens (tertiary/aromatic N) is 2. The van der Waals surface area contributed by atoms with E-state index in [4.69, 9.17) is 0 Å². The lowest BCUT2D eigenvalue weighted by Gasteiger charge is -2.31. The number of carbonyl (C=O) groups is 3. The standard InChI is InChI=1S/C22H23N3O3/c1-15(26)23-18-8-4-9-19(13-18)25-14-17(12-21(25)27)22(28)24-11-5-7-16-6-2-3-10-20(16)24/h2-4,6,8-10,13,17H,5,7,11-12,14H2,1H3,(H,23,26). The Morgan fingerprint density at radius 2 is 1.93 bits per heavy atom. The van der Waals surface area contributed by atoms with Crippen LogP contribution in [0.5, 0.6) is 0 Å². The fraction of sp³-hybridized carbons (Fsp3) is 0.318. The number of nitrogens with one attached hydrogen (secondary N) is 1. The van der Waals surface area contributed by atoms with E-state index in [2.05, 4.69) is 11.4 Å². The lowest BCUT2D eigenvalue weighted by atomic mass is 9.99. The van der Waals surface area contributed by atoms with E-state index in [1.54, 1.807) is 23.1 Å². The predicted molar refractivity (Wildman–Crippen MR) is 108 cm³/mol. The lowest BCUT2D eigenvalue weighted by Crippen LogP contribution is -2.40. The maximum Gasteiger partial charge on any atom is 0.232 e. The summed E-state index contributed by atoms with van der Waals surface area (Å²) in [6.07, 6.45) is 2.12. The van der Waals surface area contributed by atoms with Gasteiger partial charge in [0.05, 0.1) is 5.92 Å². The van der Waals surface area contributed by atoms with Crippen LogP contribution in [0.15, 0.2) is 48.5 Å². The minimum absolute atomic E-state index is 0.0148. The molecule has 2 aromatic rings. The summed E-state index contributed by atoms with van der Waals surface area (Å²) in [7, 11) is 0. The van der Waals surface area contributed by atoms with Crippen molar-refractivity contribution in [1.82, 2.24) is 0 Å². The van der Waals surface area contributed by atoms with Crippen LogP contribution in [0.4, 0.5) is 17.1 Å². The van der Waals surface area contributed by atoms with Crippen LogP contribution in [0.2, 0.25) is 0 Å². The van der Waals surface area contributed by atoms with Crippen LogP contribution in [0.25, 0.3) is 0 Å². The first-order chi connectivity index (χ1) is 13.5. The highest BCUT2D eigenvalue weighted by molar-refractivity contribution is 6.05. The molecule has 0 bridgehead atoms. The van der Waals surface area contributed by atoms with E-state index in [0.717, 1.165) is 18.5 Å². The molecule has 1 N–H and O–H groups in total. The molecule has 6 heteroatoms. The minimum Gasteiger partial charge on any atom is -0.326 e. The molecule has 2 aliphatic rings. The zero-order chi connectivity index (χ0) is 19.7. The average Bonchev–Trinajstić information content (AvgIpc) is 3.08. The summed E-state index contributed by atoms with van der Waals surface area (Å²) in [6.45, 7) is 2.50. The maximum absolute atomic E-state index is 13.2. The van der Waals surface area contributed by atoms with Crippen LogP contribution < -0.4 is 15.1 Å². The molecule has 1 saturated heterocycles. The van der Waals surface area contributed by atoms with Crippen molar-refractivity contribution in [1.29, 1.82) is 0 Å². The van der Waals surface area contributed by atoms with E-state index < -0.39 is 0 Å². The van der Waals surface area contributed by atoms with Crippen molar-refractivity contribution in [3.05, 3.63) is 54.1 Å². The number of anilines is 3. The SMILES string of the molecule is CC(=O)Nc1cccc(N2CC(C(=O)N3CCCc4ccccc43)CC2=O)c1. The van der Waals surface area contributed by atoms with Crippen molar-refractivity contribution < 1.29 is 14.4 Å². The smallest absolute Gasteiger partial charge is 0.232 e. The van der Waals surface area contributed by atoms with Crippen LogP contribution in [0.1, 0.15) is 25.3 Å². The number of amides is 3.